The van der Waals surface area contributed by atoms with Gasteiger partial charge in [0, 0.05) is 5.92 Å². The molecule has 0 radical (unpaired) electrons. The highest BCUT2D eigenvalue weighted by Crippen LogP contribution is 2.36. The van der Waals surface area contributed by atoms with Crippen LogP contribution in [0, 0.1) is 5.92 Å². The van der Waals surface area contributed by atoms with Crippen LogP contribution >= 0.6 is 0 Å². The summed E-state index contributed by atoms with van der Waals surface area (Å²) in [5.74, 6) is 2.58. The van der Waals surface area contributed by atoms with Gasteiger partial charge in [0.15, 0.2) is 0 Å². The van der Waals surface area contributed by atoms with E-state index < -0.39 is 0 Å². The van der Waals surface area contributed by atoms with Crippen LogP contribution in [-0.2, 0) is 6.42 Å². The molecule has 2 nitrogen and oxygen atoms in total. The van der Waals surface area contributed by atoms with Gasteiger partial charge >= 0.3 is 0 Å². The van der Waals surface area contributed by atoms with Gasteiger partial charge in [0.1, 0.15) is 5.75 Å². The molecule has 1 fully saturated rings. The molecule has 0 aromatic heterocycles. The molecule has 17 heavy (non-hydrogen) atoms. The summed E-state index contributed by atoms with van der Waals surface area (Å²) in [5, 5.41) is 0. The molecule has 1 aromatic rings. The van der Waals surface area contributed by atoms with E-state index in [-0.39, 0.29) is 0 Å². The van der Waals surface area contributed by atoms with E-state index in [1.54, 1.807) is 0 Å². The van der Waals surface area contributed by atoms with Crippen LogP contribution in [0.25, 0.3) is 0 Å². The normalized spacial score (nSPS) is 23.0. The third-order valence-electron chi connectivity index (χ3n) is 4.06. The molecule has 1 aromatic carbocycles. The van der Waals surface area contributed by atoms with Gasteiger partial charge in [-0.15, -0.1) is 0 Å². The lowest BCUT2D eigenvalue weighted by atomic mass is 9.91. The van der Waals surface area contributed by atoms with Gasteiger partial charge in [0.05, 0.1) is 6.61 Å². The highest BCUT2D eigenvalue weighted by Gasteiger charge is 2.22. The van der Waals surface area contributed by atoms with Gasteiger partial charge in [-0.25, -0.2) is 0 Å². The van der Waals surface area contributed by atoms with Crippen molar-refractivity contribution in [3.05, 3.63) is 29.3 Å². The molecular formula is C15H21NO. The monoisotopic (exact) mass is 231 g/mol. The van der Waals surface area contributed by atoms with Crippen molar-refractivity contribution >= 4 is 0 Å². The van der Waals surface area contributed by atoms with E-state index in [1.165, 1.54) is 36.8 Å². The van der Waals surface area contributed by atoms with Crippen LogP contribution in [0.2, 0.25) is 0 Å². The summed E-state index contributed by atoms with van der Waals surface area (Å²) >= 11 is 0. The van der Waals surface area contributed by atoms with Gasteiger partial charge in [-0.1, -0.05) is 25.0 Å². The molecule has 2 N–H and O–H groups in total. The van der Waals surface area contributed by atoms with Crippen molar-refractivity contribution in [1.82, 2.24) is 0 Å². The van der Waals surface area contributed by atoms with Gasteiger partial charge in [0.2, 0.25) is 0 Å². The third-order valence-corrected chi connectivity index (χ3v) is 4.06. The second-order valence-electron chi connectivity index (χ2n) is 5.42. The maximum Gasteiger partial charge on any atom is 0.123 e. The Kier molecular flexibility index (Phi) is 3.06. The fraction of sp³-hybridized carbons (Fsp3) is 0.600. The zero-order valence-electron chi connectivity index (χ0n) is 10.3. The van der Waals surface area contributed by atoms with Crippen LogP contribution in [0.15, 0.2) is 18.2 Å². The molecule has 92 valence electrons. The molecule has 1 saturated carbocycles. The summed E-state index contributed by atoms with van der Waals surface area (Å²) in [6.07, 6.45) is 6.49. The highest BCUT2D eigenvalue weighted by atomic mass is 16.5. The number of hydrogen-bond acceptors (Lipinski definition) is 2. The Morgan fingerprint density at radius 2 is 2.12 bits per heavy atom. The molecule has 2 heteroatoms. The average molecular weight is 231 g/mol. The van der Waals surface area contributed by atoms with E-state index in [9.17, 15) is 0 Å². The van der Waals surface area contributed by atoms with Crippen LogP contribution in [0.1, 0.15) is 42.7 Å². The van der Waals surface area contributed by atoms with E-state index in [0.717, 1.165) is 31.2 Å². The Balaban J connectivity index is 1.74. The van der Waals surface area contributed by atoms with Crippen molar-refractivity contribution in [2.75, 3.05) is 13.2 Å². The fourth-order valence-electron chi connectivity index (χ4n) is 2.69. The van der Waals surface area contributed by atoms with E-state index >= 15 is 0 Å². The van der Waals surface area contributed by atoms with Crippen LogP contribution in [0.4, 0.5) is 0 Å². The molecule has 0 bridgehead atoms. The summed E-state index contributed by atoms with van der Waals surface area (Å²) in [6.45, 7) is 1.55. The Bertz CT molecular complexity index is 398. The van der Waals surface area contributed by atoms with Crippen molar-refractivity contribution in [3.8, 4) is 5.75 Å². The van der Waals surface area contributed by atoms with Crippen LogP contribution < -0.4 is 10.5 Å². The Morgan fingerprint density at radius 3 is 2.88 bits per heavy atom. The molecular weight excluding hydrogens is 210 g/mol. The number of ether oxygens (including phenoxy) is 1. The highest BCUT2D eigenvalue weighted by molar-refractivity contribution is 5.41. The van der Waals surface area contributed by atoms with Crippen molar-refractivity contribution in [2.24, 2.45) is 11.7 Å². The maximum atomic E-state index is 5.81. The van der Waals surface area contributed by atoms with Gasteiger partial charge in [-0.3, -0.25) is 0 Å². The molecule has 0 saturated heterocycles. The van der Waals surface area contributed by atoms with E-state index in [0.29, 0.717) is 5.92 Å². The zero-order valence-corrected chi connectivity index (χ0v) is 10.3. The molecule has 1 aliphatic carbocycles. The number of nitrogens with two attached hydrogens (primary N) is 1. The Morgan fingerprint density at radius 1 is 1.24 bits per heavy atom. The summed E-state index contributed by atoms with van der Waals surface area (Å²) in [5.41, 5.74) is 8.55. The molecule has 2 aliphatic rings. The van der Waals surface area contributed by atoms with E-state index in [1.807, 2.05) is 0 Å². The fourth-order valence-corrected chi connectivity index (χ4v) is 2.69. The van der Waals surface area contributed by atoms with Crippen molar-refractivity contribution in [3.63, 3.8) is 0 Å². The first-order valence-corrected chi connectivity index (χ1v) is 6.82. The van der Waals surface area contributed by atoms with Crippen molar-refractivity contribution in [1.29, 1.82) is 0 Å². The second-order valence-corrected chi connectivity index (χ2v) is 5.42. The summed E-state index contributed by atoms with van der Waals surface area (Å²) < 4.78 is 5.76. The first kappa shape index (κ1) is 11.1. The molecule has 0 amide bonds. The molecule has 3 rings (SSSR count). The van der Waals surface area contributed by atoms with Crippen LogP contribution in [0.3, 0.4) is 0 Å². The predicted molar refractivity (Wildman–Crippen MR) is 69.4 cm³/mol. The van der Waals surface area contributed by atoms with Crippen LogP contribution in [0.5, 0.6) is 5.75 Å². The molecule has 1 atom stereocenters. The molecule has 1 unspecified atom stereocenters. The Hall–Kier alpha value is -1.02. The molecule has 0 spiro atoms. The van der Waals surface area contributed by atoms with E-state index in [2.05, 4.69) is 18.2 Å². The second kappa shape index (κ2) is 4.69. The van der Waals surface area contributed by atoms with E-state index in [4.69, 9.17) is 10.5 Å². The molecule has 1 aliphatic heterocycles. The van der Waals surface area contributed by atoms with Gasteiger partial charge < -0.3 is 10.5 Å². The number of rotatable bonds is 4. The lowest BCUT2D eigenvalue weighted by Crippen LogP contribution is -2.21. The van der Waals surface area contributed by atoms with Gasteiger partial charge in [0.25, 0.3) is 0 Å². The minimum atomic E-state index is 0.497. The predicted octanol–water partition coefficient (Wildman–Crippen LogP) is 2.85. The van der Waals surface area contributed by atoms with Crippen LogP contribution in [-0.4, -0.2) is 13.2 Å². The maximum absolute atomic E-state index is 5.81. The standard InChI is InChI=1S/C15H21NO/c16-10-13-7-8-17-15-9-12(5-6-14(13)15)4-3-11-1-2-11/h5-6,9,11,13H,1-4,7-8,10,16H2. The summed E-state index contributed by atoms with van der Waals surface area (Å²) in [7, 11) is 0. The first-order chi connectivity index (χ1) is 8.36. The van der Waals surface area contributed by atoms with Gasteiger partial charge in [-0.05, 0) is 48.9 Å². The number of fused-ring (bicyclic) bond motifs is 1. The largest absolute Gasteiger partial charge is 0.493 e. The quantitative estimate of drug-likeness (QED) is 0.864. The number of hydrogen-bond donors (Lipinski definition) is 1. The Labute approximate surface area is 103 Å². The first-order valence-electron chi connectivity index (χ1n) is 6.82. The third kappa shape index (κ3) is 2.47. The average Bonchev–Trinajstić information content (AvgIpc) is 3.19. The minimum Gasteiger partial charge on any atom is -0.493 e. The summed E-state index contributed by atoms with van der Waals surface area (Å²) in [4.78, 5) is 0. The molecule has 1 heterocycles. The lowest BCUT2D eigenvalue weighted by molar-refractivity contribution is 0.268. The number of benzene rings is 1. The van der Waals surface area contributed by atoms with Crippen molar-refractivity contribution in [2.45, 2.75) is 38.0 Å². The topological polar surface area (TPSA) is 35.2 Å². The lowest BCUT2D eigenvalue weighted by Gasteiger charge is -2.25. The number of aryl methyl sites for hydroxylation is 1. The van der Waals surface area contributed by atoms with Gasteiger partial charge in [-0.2, -0.15) is 0 Å². The zero-order chi connectivity index (χ0) is 11.7. The SMILES string of the molecule is NCC1CCOc2cc(CCC3CC3)ccc21. The minimum absolute atomic E-state index is 0.497. The smallest absolute Gasteiger partial charge is 0.123 e. The summed E-state index contributed by atoms with van der Waals surface area (Å²) in [6, 6.07) is 6.73. The van der Waals surface area contributed by atoms with Crippen molar-refractivity contribution < 1.29 is 4.74 Å².